The summed E-state index contributed by atoms with van der Waals surface area (Å²) in [5, 5.41) is 0. The van der Waals surface area contributed by atoms with Gasteiger partial charge in [0.05, 0.1) is 4.90 Å². The van der Waals surface area contributed by atoms with Crippen LogP contribution < -0.4 is 0 Å². The molecule has 0 radical (unpaired) electrons. The maximum absolute atomic E-state index is 11.1. The van der Waals surface area contributed by atoms with Gasteiger partial charge in [-0.1, -0.05) is 50.1 Å². The lowest BCUT2D eigenvalue weighted by molar-refractivity contribution is 0.483. The second-order valence-corrected chi connectivity index (χ2v) is 6.73. The Morgan fingerprint density at radius 1 is 0.889 bits per heavy atom. The van der Waals surface area contributed by atoms with Crippen LogP contribution in [0.3, 0.4) is 0 Å². The lowest BCUT2D eigenvalue weighted by atomic mass is 10.1. The predicted molar refractivity (Wildman–Crippen MR) is 77.1 cm³/mol. The predicted octanol–water partition coefficient (Wildman–Crippen LogP) is 4.13. The molecule has 0 aliphatic heterocycles. The maximum Gasteiger partial charge on any atom is 0.294 e. The summed E-state index contributed by atoms with van der Waals surface area (Å²) in [5.74, 6) is 0. The molecule has 0 saturated carbocycles. The van der Waals surface area contributed by atoms with Gasteiger partial charge >= 0.3 is 0 Å². The molecule has 0 aromatic heterocycles. The summed E-state index contributed by atoms with van der Waals surface area (Å²) in [4.78, 5) is -0.128. The highest BCUT2D eigenvalue weighted by atomic mass is 79.9. The summed E-state index contributed by atoms with van der Waals surface area (Å²) < 4.78 is 32.9. The first-order chi connectivity index (χ1) is 8.39. The van der Waals surface area contributed by atoms with Crippen molar-refractivity contribution in [3.05, 3.63) is 51.4 Å². The van der Waals surface area contributed by atoms with Crippen LogP contribution in [0.4, 0.5) is 0 Å². The lowest BCUT2D eigenvalue weighted by Crippen LogP contribution is -1.98. The largest absolute Gasteiger partial charge is 0.294 e. The van der Waals surface area contributed by atoms with E-state index in [1.807, 2.05) is 24.3 Å². The second kappa shape index (κ2) is 5.13. The van der Waals surface area contributed by atoms with Crippen LogP contribution in [0, 0.1) is 0 Å². The molecule has 0 fully saturated rings. The highest BCUT2D eigenvalue weighted by Crippen LogP contribution is 2.34. The van der Waals surface area contributed by atoms with Gasteiger partial charge in [0, 0.05) is 8.95 Å². The molecule has 3 nitrogen and oxygen atoms in total. The summed E-state index contributed by atoms with van der Waals surface area (Å²) in [6.07, 6.45) is 0. The van der Waals surface area contributed by atoms with Crippen molar-refractivity contribution in [3.8, 4) is 11.1 Å². The molecule has 0 atom stereocenters. The first-order valence-corrected chi connectivity index (χ1v) is 7.94. The minimum Gasteiger partial charge on any atom is -0.282 e. The highest BCUT2D eigenvalue weighted by molar-refractivity contribution is 9.11. The van der Waals surface area contributed by atoms with E-state index in [-0.39, 0.29) is 4.90 Å². The number of halogens is 2. The Bertz CT molecular complexity index is 696. The molecule has 94 valence electrons. The van der Waals surface area contributed by atoms with Gasteiger partial charge in [-0.2, -0.15) is 8.42 Å². The van der Waals surface area contributed by atoms with Crippen LogP contribution in [0.2, 0.25) is 0 Å². The van der Waals surface area contributed by atoms with Gasteiger partial charge in [-0.25, -0.2) is 0 Å². The zero-order chi connectivity index (χ0) is 13.3. The number of hydrogen-bond acceptors (Lipinski definition) is 2. The number of benzene rings is 2. The zero-order valence-corrected chi connectivity index (χ0v) is 13.0. The van der Waals surface area contributed by atoms with Crippen LogP contribution in [-0.2, 0) is 10.1 Å². The van der Waals surface area contributed by atoms with E-state index < -0.39 is 10.1 Å². The van der Waals surface area contributed by atoms with Crippen molar-refractivity contribution in [2.45, 2.75) is 4.90 Å². The minimum absolute atomic E-state index is 0.128. The Hall–Kier alpha value is -0.690. The van der Waals surface area contributed by atoms with Crippen LogP contribution >= 0.6 is 31.9 Å². The molecule has 0 heterocycles. The molecule has 1 N–H and O–H groups in total. The summed E-state index contributed by atoms with van der Waals surface area (Å²) in [5.41, 5.74) is 1.53. The third-order valence-corrected chi connectivity index (χ3v) is 4.63. The molecular weight excluding hydrogens is 384 g/mol. The van der Waals surface area contributed by atoms with Gasteiger partial charge in [-0.05, 0) is 35.4 Å². The van der Waals surface area contributed by atoms with E-state index in [1.165, 1.54) is 12.1 Å². The highest BCUT2D eigenvalue weighted by Gasteiger charge is 2.14. The fraction of sp³-hybridized carbons (Fsp3) is 0. The number of hydrogen-bond donors (Lipinski definition) is 1. The third kappa shape index (κ3) is 2.83. The standard InChI is InChI=1S/C12H8Br2O3S/c13-11-4-2-1-3-9(11)10-7-8(18(15,16)17)5-6-12(10)14/h1-7H,(H,15,16,17). The van der Waals surface area contributed by atoms with Gasteiger partial charge in [0.1, 0.15) is 0 Å². The first-order valence-electron chi connectivity index (χ1n) is 4.91. The van der Waals surface area contributed by atoms with E-state index in [2.05, 4.69) is 31.9 Å². The van der Waals surface area contributed by atoms with Crippen molar-refractivity contribution in [3.63, 3.8) is 0 Å². The van der Waals surface area contributed by atoms with Crippen molar-refractivity contribution in [2.75, 3.05) is 0 Å². The van der Waals surface area contributed by atoms with Crippen LogP contribution in [0.15, 0.2) is 56.3 Å². The van der Waals surface area contributed by atoms with E-state index in [4.69, 9.17) is 4.55 Å². The van der Waals surface area contributed by atoms with Crippen LogP contribution in [0.25, 0.3) is 11.1 Å². The monoisotopic (exact) mass is 390 g/mol. The molecule has 2 aromatic carbocycles. The van der Waals surface area contributed by atoms with Crippen molar-refractivity contribution >= 4 is 42.0 Å². The van der Waals surface area contributed by atoms with Crippen LogP contribution in [0.5, 0.6) is 0 Å². The summed E-state index contributed by atoms with van der Waals surface area (Å²) in [7, 11) is -4.20. The molecule has 0 aliphatic rings. The molecule has 0 unspecified atom stereocenters. The van der Waals surface area contributed by atoms with Gasteiger partial charge in [0.15, 0.2) is 0 Å². The maximum atomic E-state index is 11.1. The molecule has 0 saturated heterocycles. The molecule has 18 heavy (non-hydrogen) atoms. The van der Waals surface area contributed by atoms with E-state index in [1.54, 1.807) is 6.07 Å². The normalized spacial score (nSPS) is 11.5. The molecule has 2 aromatic rings. The Balaban J connectivity index is 2.69. The topological polar surface area (TPSA) is 54.4 Å². The first kappa shape index (κ1) is 13.7. The van der Waals surface area contributed by atoms with Crippen molar-refractivity contribution in [1.82, 2.24) is 0 Å². The van der Waals surface area contributed by atoms with Crippen LogP contribution in [-0.4, -0.2) is 13.0 Å². The quantitative estimate of drug-likeness (QED) is 0.783. The Labute approximate surface area is 122 Å². The van der Waals surface area contributed by atoms with Crippen molar-refractivity contribution in [1.29, 1.82) is 0 Å². The van der Waals surface area contributed by atoms with Gasteiger partial charge in [0.2, 0.25) is 0 Å². The summed E-state index contributed by atoms with van der Waals surface area (Å²) >= 11 is 6.78. The molecule has 6 heteroatoms. The minimum atomic E-state index is -4.20. The molecule has 2 rings (SSSR count). The van der Waals surface area contributed by atoms with E-state index >= 15 is 0 Å². The van der Waals surface area contributed by atoms with Crippen molar-refractivity contribution in [2.24, 2.45) is 0 Å². The third-order valence-electron chi connectivity index (χ3n) is 2.40. The van der Waals surface area contributed by atoms with E-state index in [9.17, 15) is 8.42 Å². The van der Waals surface area contributed by atoms with E-state index in [0.29, 0.717) is 5.56 Å². The summed E-state index contributed by atoms with van der Waals surface area (Å²) in [6, 6.07) is 11.8. The van der Waals surface area contributed by atoms with Crippen LogP contribution in [0.1, 0.15) is 0 Å². The average molecular weight is 392 g/mol. The number of rotatable bonds is 2. The molecule has 0 bridgehead atoms. The second-order valence-electron chi connectivity index (χ2n) is 3.60. The lowest BCUT2D eigenvalue weighted by Gasteiger charge is -2.08. The van der Waals surface area contributed by atoms with Gasteiger partial charge in [-0.15, -0.1) is 0 Å². The van der Waals surface area contributed by atoms with E-state index in [0.717, 1.165) is 14.5 Å². The molecular formula is C12H8Br2O3S. The fourth-order valence-electron chi connectivity index (χ4n) is 1.55. The molecule has 0 amide bonds. The van der Waals surface area contributed by atoms with Gasteiger partial charge in [0.25, 0.3) is 10.1 Å². The Kier molecular flexibility index (Phi) is 3.91. The smallest absolute Gasteiger partial charge is 0.282 e. The fourth-order valence-corrected chi connectivity index (χ4v) is 3.02. The van der Waals surface area contributed by atoms with Gasteiger partial charge < -0.3 is 0 Å². The van der Waals surface area contributed by atoms with Gasteiger partial charge in [-0.3, -0.25) is 4.55 Å². The SMILES string of the molecule is O=S(=O)(O)c1ccc(Br)c(-c2ccccc2Br)c1. The summed E-state index contributed by atoms with van der Waals surface area (Å²) in [6.45, 7) is 0. The molecule has 0 aliphatic carbocycles. The average Bonchev–Trinajstić information content (AvgIpc) is 2.29. The zero-order valence-electron chi connectivity index (χ0n) is 8.97. The van der Waals surface area contributed by atoms with Crippen molar-refractivity contribution < 1.29 is 13.0 Å². The Morgan fingerprint density at radius 2 is 1.50 bits per heavy atom. The Morgan fingerprint density at radius 3 is 2.11 bits per heavy atom. The molecule has 0 spiro atoms.